The number of carbonyl (C=O) groups excluding carboxylic acids is 2. The molecule has 0 aromatic heterocycles. The third-order valence-electron chi connectivity index (χ3n) is 4.26. The molecule has 0 bridgehead atoms. The van der Waals surface area contributed by atoms with E-state index in [9.17, 15) is 19.1 Å². The quantitative estimate of drug-likeness (QED) is 0.787. The highest BCUT2D eigenvalue weighted by molar-refractivity contribution is 5.86. The van der Waals surface area contributed by atoms with Gasteiger partial charge in [-0.25, -0.2) is 9.18 Å². The van der Waals surface area contributed by atoms with Crippen molar-refractivity contribution in [3.8, 4) is 0 Å². The molecule has 0 unspecified atom stereocenters. The molecule has 0 saturated carbocycles. The number of fused-ring (bicyclic) bond motifs is 1. The molecule has 0 spiro atoms. The number of amides is 2. The Balaban J connectivity index is 2.11. The van der Waals surface area contributed by atoms with Crippen molar-refractivity contribution in [2.45, 2.75) is 77.1 Å². The van der Waals surface area contributed by atoms with Crippen LogP contribution in [0.3, 0.4) is 0 Å². The van der Waals surface area contributed by atoms with Gasteiger partial charge >= 0.3 is 6.09 Å². The Bertz CT molecular complexity index is 508. The van der Waals surface area contributed by atoms with Gasteiger partial charge in [-0.05, 0) is 33.1 Å². The zero-order valence-electron chi connectivity index (χ0n) is 15.5. The third kappa shape index (κ3) is 4.82. The topological polar surface area (TPSA) is 88.1 Å². The first-order valence-corrected chi connectivity index (χ1v) is 8.73. The summed E-state index contributed by atoms with van der Waals surface area (Å²) in [5.74, 6) is -0.285. The van der Waals surface area contributed by atoms with Gasteiger partial charge in [-0.3, -0.25) is 4.79 Å². The van der Waals surface area contributed by atoms with Crippen LogP contribution in [0.2, 0.25) is 0 Å². The molecule has 8 heteroatoms. The van der Waals surface area contributed by atoms with Crippen molar-refractivity contribution < 1.29 is 28.6 Å². The number of rotatable bonds is 4. The average molecular weight is 360 g/mol. The Morgan fingerprint density at radius 1 is 1.40 bits per heavy atom. The number of nitrogens with one attached hydrogen (secondary N) is 1. The van der Waals surface area contributed by atoms with Gasteiger partial charge in [0, 0.05) is 0 Å². The zero-order chi connectivity index (χ0) is 18.9. The van der Waals surface area contributed by atoms with Gasteiger partial charge in [0.2, 0.25) is 5.91 Å². The molecule has 2 aliphatic rings. The van der Waals surface area contributed by atoms with Crippen molar-refractivity contribution in [1.29, 1.82) is 0 Å². The summed E-state index contributed by atoms with van der Waals surface area (Å²) in [7, 11) is 0. The van der Waals surface area contributed by atoms with Gasteiger partial charge < -0.3 is 24.8 Å². The standard InChI is InChI=1S/C17H29FN2O5/c1-9(2)6-11(19-16(23)25-17(3,4)5)15(22)20-7-10(18)14-13(20)12(21)8-24-14/h9-14,21H,6-8H2,1-5H3,(H,19,23)/t10-,11+,12+,13-,14-/m1/s1. The van der Waals surface area contributed by atoms with Gasteiger partial charge in [0.25, 0.3) is 0 Å². The van der Waals surface area contributed by atoms with E-state index in [1.807, 2.05) is 13.8 Å². The van der Waals surface area contributed by atoms with Crippen molar-refractivity contribution in [1.82, 2.24) is 10.2 Å². The molecule has 0 radical (unpaired) electrons. The van der Waals surface area contributed by atoms with E-state index in [2.05, 4.69) is 5.32 Å². The lowest BCUT2D eigenvalue weighted by molar-refractivity contribution is -0.136. The van der Waals surface area contributed by atoms with Crippen LogP contribution in [0.4, 0.5) is 9.18 Å². The second-order valence-electron chi connectivity index (χ2n) is 8.19. The molecule has 144 valence electrons. The molecule has 0 aromatic rings. The normalized spacial score (nSPS) is 30.3. The number of aliphatic hydroxyl groups is 1. The van der Waals surface area contributed by atoms with Crippen LogP contribution >= 0.6 is 0 Å². The molecule has 2 aliphatic heterocycles. The monoisotopic (exact) mass is 360 g/mol. The first-order chi connectivity index (χ1) is 11.5. The summed E-state index contributed by atoms with van der Waals surface area (Å²) in [5, 5.41) is 12.6. The number of aliphatic hydroxyl groups excluding tert-OH is 1. The first-order valence-electron chi connectivity index (χ1n) is 8.73. The van der Waals surface area contributed by atoms with E-state index in [1.54, 1.807) is 20.8 Å². The predicted octanol–water partition coefficient (Wildman–Crippen LogP) is 1.23. The minimum Gasteiger partial charge on any atom is -0.444 e. The lowest BCUT2D eigenvalue weighted by Crippen LogP contribution is -2.54. The predicted molar refractivity (Wildman–Crippen MR) is 88.8 cm³/mol. The summed E-state index contributed by atoms with van der Waals surface area (Å²) in [4.78, 5) is 26.3. The van der Waals surface area contributed by atoms with E-state index in [0.29, 0.717) is 6.42 Å². The number of nitrogens with zero attached hydrogens (tertiary/aromatic N) is 1. The summed E-state index contributed by atoms with van der Waals surface area (Å²) < 4.78 is 24.6. The third-order valence-corrected chi connectivity index (χ3v) is 4.26. The Morgan fingerprint density at radius 3 is 2.60 bits per heavy atom. The number of likely N-dealkylation sites (tertiary alicyclic amines) is 1. The second kappa shape index (κ2) is 7.45. The Morgan fingerprint density at radius 2 is 2.04 bits per heavy atom. The highest BCUT2D eigenvalue weighted by atomic mass is 19.1. The van der Waals surface area contributed by atoms with Crippen molar-refractivity contribution >= 4 is 12.0 Å². The average Bonchev–Trinajstić information content (AvgIpc) is 2.97. The van der Waals surface area contributed by atoms with Crippen LogP contribution in [-0.2, 0) is 14.3 Å². The van der Waals surface area contributed by atoms with Crippen LogP contribution in [-0.4, -0.2) is 71.2 Å². The summed E-state index contributed by atoms with van der Waals surface area (Å²) in [6, 6.07) is -1.55. The van der Waals surface area contributed by atoms with Crippen LogP contribution < -0.4 is 5.32 Å². The number of alkyl halides is 1. The maximum absolute atomic E-state index is 14.1. The van der Waals surface area contributed by atoms with Gasteiger partial charge in [0.05, 0.1) is 19.2 Å². The maximum atomic E-state index is 14.1. The fourth-order valence-corrected chi connectivity index (χ4v) is 3.32. The van der Waals surface area contributed by atoms with Gasteiger partial charge in [0.15, 0.2) is 0 Å². The molecule has 2 heterocycles. The minimum absolute atomic E-state index is 0.00781. The van der Waals surface area contributed by atoms with Crippen LogP contribution in [0.5, 0.6) is 0 Å². The number of hydrogen-bond donors (Lipinski definition) is 2. The van der Waals surface area contributed by atoms with Crippen molar-refractivity contribution in [2.75, 3.05) is 13.2 Å². The molecule has 0 aromatic carbocycles. The lowest BCUT2D eigenvalue weighted by Gasteiger charge is -2.30. The van der Waals surface area contributed by atoms with Gasteiger partial charge in [-0.1, -0.05) is 13.8 Å². The fraction of sp³-hybridized carbons (Fsp3) is 0.882. The fourth-order valence-electron chi connectivity index (χ4n) is 3.32. The number of alkyl carbamates (subject to hydrolysis) is 1. The summed E-state index contributed by atoms with van der Waals surface area (Å²) in [5.41, 5.74) is -0.687. The molecule has 2 amide bonds. The first kappa shape index (κ1) is 19.9. The maximum Gasteiger partial charge on any atom is 0.408 e. The van der Waals surface area contributed by atoms with Crippen molar-refractivity contribution in [3.05, 3.63) is 0 Å². The van der Waals surface area contributed by atoms with Crippen LogP contribution in [0.25, 0.3) is 0 Å². The van der Waals surface area contributed by atoms with Crippen molar-refractivity contribution in [2.24, 2.45) is 5.92 Å². The minimum atomic E-state index is -1.34. The molecule has 25 heavy (non-hydrogen) atoms. The van der Waals surface area contributed by atoms with Gasteiger partial charge in [0.1, 0.15) is 30.0 Å². The van der Waals surface area contributed by atoms with Crippen LogP contribution in [0, 0.1) is 5.92 Å². The number of hydrogen-bond acceptors (Lipinski definition) is 5. The summed E-state index contributed by atoms with van der Waals surface area (Å²) in [6.07, 6.45) is -3.37. The molecule has 2 N–H and O–H groups in total. The highest BCUT2D eigenvalue weighted by Crippen LogP contribution is 2.32. The van der Waals surface area contributed by atoms with E-state index >= 15 is 0 Å². The van der Waals surface area contributed by atoms with Gasteiger partial charge in [-0.2, -0.15) is 0 Å². The number of halogens is 1. The molecule has 5 atom stereocenters. The molecular formula is C17H29FN2O5. The highest BCUT2D eigenvalue weighted by Gasteiger charge is 2.53. The molecule has 0 aliphatic carbocycles. The van der Waals surface area contributed by atoms with Gasteiger partial charge in [-0.15, -0.1) is 0 Å². The SMILES string of the molecule is CC(C)C[C@H](NC(=O)OC(C)(C)C)C(=O)N1C[C@@H](F)[C@H]2OC[C@H](O)[C@H]21. The number of carbonyl (C=O) groups is 2. The Hall–Kier alpha value is -1.41. The van der Waals surface area contributed by atoms with Crippen molar-refractivity contribution in [3.63, 3.8) is 0 Å². The molecular weight excluding hydrogens is 331 g/mol. The Labute approximate surface area is 147 Å². The van der Waals surface area contributed by atoms with Crippen LogP contribution in [0.15, 0.2) is 0 Å². The molecule has 2 fully saturated rings. The smallest absolute Gasteiger partial charge is 0.408 e. The van der Waals surface area contributed by atoms with E-state index in [4.69, 9.17) is 9.47 Å². The summed E-state index contributed by atoms with van der Waals surface area (Å²) >= 11 is 0. The molecule has 2 saturated heterocycles. The molecule has 7 nitrogen and oxygen atoms in total. The number of ether oxygens (including phenoxy) is 2. The van der Waals surface area contributed by atoms with E-state index in [0.717, 1.165) is 0 Å². The summed E-state index contributed by atoms with van der Waals surface area (Å²) in [6.45, 7) is 8.92. The molecule has 2 rings (SSSR count). The van der Waals surface area contributed by atoms with E-state index in [1.165, 1.54) is 4.90 Å². The van der Waals surface area contributed by atoms with E-state index in [-0.39, 0.29) is 19.1 Å². The Kier molecular flexibility index (Phi) is 5.93. The zero-order valence-corrected chi connectivity index (χ0v) is 15.5. The lowest BCUT2D eigenvalue weighted by atomic mass is 10.0. The van der Waals surface area contributed by atoms with Crippen LogP contribution in [0.1, 0.15) is 41.0 Å². The largest absolute Gasteiger partial charge is 0.444 e. The van der Waals surface area contributed by atoms with E-state index < -0.39 is 48.1 Å². The second-order valence-corrected chi connectivity index (χ2v) is 8.19.